The van der Waals surface area contributed by atoms with Crippen molar-refractivity contribution in [2.75, 3.05) is 20.2 Å². The Bertz CT molecular complexity index is 1460. The van der Waals surface area contributed by atoms with Gasteiger partial charge in [-0.05, 0) is 50.3 Å². The number of carboxylic acid groups (broad SMARTS) is 1. The molecule has 1 aliphatic rings. The maximum Gasteiger partial charge on any atom is 0.342 e. The van der Waals surface area contributed by atoms with Crippen LogP contribution in [0, 0.1) is 18.8 Å². The number of benzene rings is 2. The first-order valence-corrected chi connectivity index (χ1v) is 14.5. The molecule has 0 aliphatic carbocycles. The third kappa shape index (κ3) is 8.03. The van der Waals surface area contributed by atoms with E-state index in [0.29, 0.717) is 39.1 Å². The lowest BCUT2D eigenvalue weighted by Crippen LogP contribution is -2.35. The Kier molecular flexibility index (Phi) is 11.7. The molecule has 2 aromatic rings. The fourth-order valence-electron chi connectivity index (χ4n) is 5.09. The number of allylic oxidation sites excluding steroid dienone is 2. The number of methoxy groups -OCH3 is 1. The van der Waals surface area contributed by atoms with E-state index in [1.807, 2.05) is 13.8 Å². The first kappa shape index (κ1) is 33.8. The number of hydrogen-bond acceptors (Lipinski definition) is 8. The summed E-state index contributed by atoms with van der Waals surface area (Å²) in [6, 6.07) is 6.42. The highest BCUT2D eigenvalue weighted by Crippen LogP contribution is 2.42. The van der Waals surface area contributed by atoms with E-state index in [1.54, 1.807) is 44.2 Å². The van der Waals surface area contributed by atoms with Crippen molar-refractivity contribution >= 4 is 29.5 Å². The lowest BCUT2D eigenvalue weighted by atomic mass is 9.90. The SMILES string of the molecule is CCC(C)C(=O)c1ccc(C(=O)NCCNC(=O)CC(CC(=O)O)/C(C)=C/Cc2c(O)c3c(c(C)c2OC)COC3=O)cc1. The van der Waals surface area contributed by atoms with Gasteiger partial charge < -0.3 is 30.3 Å². The number of phenols is 1. The summed E-state index contributed by atoms with van der Waals surface area (Å²) >= 11 is 0. The van der Waals surface area contributed by atoms with E-state index in [0.717, 1.165) is 6.42 Å². The molecule has 2 aromatic carbocycles. The number of ketones is 1. The minimum atomic E-state index is -1.07. The van der Waals surface area contributed by atoms with Crippen molar-refractivity contribution in [3.05, 3.63) is 69.3 Å². The number of cyclic esters (lactones) is 1. The highest BCUT2D eigenvalue weighted by atomic mass is 16.5. The number of esters is 1. The van der Waals surface area contributed by atoms with E-state index >= 15 is 0 Å². The van der Waals surface area contributed by atoms with Gasteiger partial charge in [0.1, 0.15) is 23.7 Å². The molecule has 11 heteroatoms. The average Bonchev–Trinajstić information content (AvgIpc) is 3.40. The van der Waals surface area contributed by atoms with Gasteiger partial charge in [0.25, 0.3) is 5.91 Å². The quantitative estimate of drug-likeness (QED) is 0.101. The Balaban J connectivity index is 1.58. The third-order valence-corrected chi connectivity index (χ3v) is 8.00. The first-order chi connectivity index (χ1) is 20.9. The Morgan fingerprint density at radius 1 is 1.07 bits per heavy atom. The average molecular weight is 609 g/mol. The second-order valence-corrected chi connectivity index (χ2v) is 10.9. The predicted molar refractivity (Wildman–Crippen MR) is 162 cm³/mol. The van der Waals surface area contributed by atoms with Crippen LogP contribution in [0.5, 0.6) is 11.5 Å². The van der Waals surface area contributed by atoms with Crippen LogP contribution in [-0.4, -0.2) is 59.9 Å². The maximum atomic E-state index is 12.7. The molecule has 0 saturated carbocycles. The first-order valence-electron chi connectivity index (χ1n) is 14.5. The number of Topliss-reactive ketones (excluding diaryl/α,β-unsaturated/α-hetero) is 1. The van der Waals surface area contributed by atoms with Gasteiger partial charge >= 0.3 is 11.9 Å². The van der Waals surface area contributed by atoms with Gasteiger partial charge in [0.15, 0.2) is 5.78 Å². The Hall–Kier alpha value is -4.67. The molecule has 11 nitrogen and oxygen atoms in total. The number of aliphatic carboxylic acids is 1. The molecule has 2 unspecified atom stereocenters. The van der Waals surface area contributed by atoms with Gasteiger partial charge in [0, 0.05) is 47.7 Å². The molecule has 1 heterocycles. The van der Waals surface area contributed by atoms with Crippen LogP contribution in [-0.2, 0) is 27.4 Å². The molecule has 0 saturated heterocycles. The van der Waals surface area contributed by atoms with Crippen molar-refractivity contribution in [1.82, 2.24) is 10.6 Å². The number of carbonyl (C=O) groups excluding carboxylic acids is 4. The number of ether oxygens (including phenoxy) is 2. The van der Waals surface area contributed by atoms with Crippen molar-refractivity contribution in [2.24, 2.45) is 11.8 Å². The fourth-order valence-corrected chi connectivity index (χ4v) is 5.09. The zero-order valence-electron chi connectivity index (χ0n) is 25.7. The summed E-state index contributed by atoms with van der Waals surface area (Å²) in [4.78, 5) is 61.2. The fraction of sp³-hybridized carbons (Fsp3) is 0.424. The van der Waals surface area contributed by atoms with E-state index in [4.69, 9.17) is 9.47 Å². The monoisotopic (exact) mass is 608 g/mol. The minimum absolute atomic E-state index is 0.0243. The van der Waals surface area contributed by atoms with Crippen molar-refractivity contribution in [2.45, 2.75) is 60.0 Å². The predicted octanol–water partition coefficient (Wildman–Crippen LogP) is 4.12. The number of hydrogen-bond donors (Lipinski definition) is 4. The molecular weight excluding hydrogens is 568 g/mol. The number of phenolic OH excluding ortho intramolecular Hbond substituents is 1. The van der Waals surface area contributed by atoms with E-state index in [1.165, 1.54) is 7.11 Å². The topological polar surface area (TPSA) is 168 Å². The molecule has 2 amide bonds. The standard InChI is InChI=1S/C33H40N2O9/c1-6-18(2)29(39)21-8-10-22(11-9-21)32(41)35-14-13-34-26(36)15-23(16-27(37)38)19(3)7-12-24-30(40)28-25(17-44-33(28)42)20(4)31(24)43-5/h7-11,18,23,40H,6,12-17H2,1-5H3,(H,34,36)(H,35,41)(H,37,38)/b19-7+. The third-order valence-electron chi connectivity index (χ3n) is 8.00. The van der Waals surface area contributed by atoms with Crippen LogP contribution in [0.1, 0.15) is 87.8 Å². The molecule has 4 N–H and O–H groups in total. The van der Waals surface area contributed by atoms with Gasteiger partial charge in [-0.1, -0.05) is 37.6 Å². The molecule has 0 spiro atoms. The van der Waals surface area contributed by atoms with E-state index in [2.05, 4.69) is 10.6 Å². The molecule has 1 aliphatic heterocycles. The van der Waals surface area contributed by atoms with Crippen molar-refractivity contribution in [3.8, 4) is 11.5 Å². The molecule has 0 fully saturated rings. The minimum Gasteiger partial charge on any atom is -0.507 e. The number of nitrogens with one attached hydrogen (secondary N) is 2. The van der Waals surface area contributed by atoms with Crippen molar-refractivity contribution in [1.29, 1.82) is 0 Å². The molecule has 0 aromatic heterocycles. The zero-order valence-corrected chi connectivity index (χ0v) is 25.7. The van der Waals surface area contributed by atoms with Crippen LogP contribution in [0.2, 0.25) is 0 Å². The van der Waals surface area contributed by atoms with Crippen LogP contribution < -0.4 is 15.4 Å². The van der Waals surface area contributed by atoms with Gasteiger partial charge in [-0.2, -0.15) is 0 Å². The summed E-state index contributed by atoms with van der Waals surface area (Å²) in [6.45, 7) is 7.61. The summed E-state index contributed by atoms with van der Waals surface area (Å²) < 4.78 is 10.6. The van der Waals surface area contributed by atoms with E-state index in [9.17, 15) is 34.2 Å². The molecule has 44 heavy (non-hydrogen) atoms. The van der Waals surface area contributed by atoms with Gasteiger partial charge in [0.2, 0.25) is 5.91 Å². The summed E-state index contributed by atoms with van der Waals surface area (Å²) in [6.07, 6.45) is 2.19. The Morgan fingerprint density at radius 3 is 2.32 bits per heavy atom. The summed E-state index contributed by atoms with van der Waals surface area (Å²) in [5, 5.41) is 25.7. The number of carbonyl (C=O) groups is 5. The molecule has 236 valence electrons. The van der Waals surface area contributed by atoms with E-state index in [-0.39, 0.29) is 73.8 Å². The van der Waals surface area contributed by atoms with Gasteiger partial charge in [-0.25, -0.2) is 4.79 Å². The summed E-state index contributed by atoms with van der Waals surface area (Å²) in [5.41, 5.74) is 3.27. The lowest BCUT2D eigenvalue weighted by molar-refractivity contribution is -0.138. The summed E-state index contributed by atoms with van der Waals surface area (Å²) in [5.74, 6) is -2.96. The van der Waals surface area contributed by atoms with Crippen molar-refractivity contribution in [3.63, 3.8) is 0 Å². The maximum absolute atomic E-state index is 12.7. The number of carboxylic acids is 1. The van der Waals surface area contributed by atoms with Gasteiger partial charge in [0.05, 0.1) is 13.5 Å². The zero-order chi connectivity index (χ0) is 32.6. The smallest absolute Gasteiger partial charge is 0.342 e. The van der Waals surface area contributed by atoms with E-state index < -0.39 is 17.9 Å². The molecule has 2 atom stereocenters. The molecule has 0 radical (unpaired) electrons. The van der Waals surface area contributed by atoms with Crippen LogP contribution in [0.25, 0.3) is 0 Å². The Morgan fingerprint density at radius 2 is 1.70 bits per heavy atom. The van der Waals surface area contributed by atoms with Crippen LogP contribution in [0.15, 0.2) is 35.9 Å². The van der Waals surface area contributed by atoms with Gasteiger partial charge in [-0.15, -0.1) is 0 Å². The number of amides is 2. The lowest BCUT2D eigenvalue weighted by Gasteiger charge is -2.18. The largest absolute Gasteiger partial charge is 0.507 e. The molecule has 0 bridgehead atoms. The second kappa shape index (κ2) is 15.2. The van der Waals surface area contributed by atoms with Gasteiger partial charge in [-0.3, -0.25) is 19.2 Å². The second-order valence-electron chi connectivity index (χ2n) is 10.9. The molecular formula is C33H40N2O9. The van der Waals surface area contributed by atoms with Crippen LogP contribution in [0.3, 0.4) is 0 Å². The summed E-state index contributed by atoms with van der Waals surface area (Å²) in [7, 11) is 1.46. The number of fused-ring (bicyclic) bond motifs is 1. The number of rotatable bonds is 15. The highest BCUT2D eigenvalue weighted by molar-refractivity contribution is 6.00. The number of aromatic hydroxyl groups is 1. The normalized spacial score (nSPS) is 13.8. The van der Waals surface area contributed by atoms with Crippen LogP contribution in [0.4, 0.5) is 0 Å². The highest BCUT2D eigenvalue weighted by Gasteiger charge is 2.32. The molecule has 3 rings (SSSR count). The van der Waals surface area contributed by atoms with Crippen LogP contribution >= 0.6 is 0 Å². The van der Waals surface area contributed by atoms with Crippen molar-refractivity contribution < 1.29 is 43.7 Å². The Labute approximate surface area is 256 Å².